The molecule has 5 N–H and O–H groups in total. The van der Waals surface area contributed by atoms with Gasteiger partial charge in [0.25, 0.3) is 0 Å². The predicted octanol–water partition coefficient (Wildman–Crippen LogP) is 5.68. The standard InChI is InChI=1S/C33H32FN9O3S/c1-47(45,46)31(35)20-12-19(13-22(34)14-20)24-9-10-37-32-28(24)40-33(41-32)30-29-26(42-43-30)8-7-25(39-29)21-15-23(17-36-16-21)38-27(44)11-18-5-3-2-4-6-18/h7-10,12-18,31H,2-6,11,35H2,1H3,(H,38,44)(H,42,43)(H,37,40,41). The first-order valence-corrected chi connectivity index (χ1v) is 17.3. The number of benzene rings is 1. The van der Waals surface area contributed by atoms with E-state index in [1.165, 1.54) is 31.5 Å². The molecule has 5 heterocycles. The molecule has 1 aliphatic rings. The van der Waals surface area contributed by atoms with Gasteiger partial charge in [-0.15, -0.1) is 0 Å². The van der Waals surface area contributed by atoms with Gasteiger partial charge in [0.2, 0.25) is 5.91 Å². The zero-order valence-electron chi connectivity index (χ0n) is 25.5. The van der Waals surface area contributed by atoms with E-state index in [9.17, 15) is 17.6 Å². The number of H-pyrrole nitrogens is 2. The maximum atomic E-state index is 14.7. The van der Waals surface area contributed by atoms with Crippen molar-refractivity contribution in [3.05, 3.63) is 72.4 Å². The third-order valence-electron chi connectivity index (χ3n) is 8.56. The Morgan fingerprint density at radius 3 is 2.70 bits per heavy atom. The van der Waals surface area contributed by atoms with Crippen molar-refractivity contribution in [3.8, 4) is 33.9 Å². The molecule has 0 bridgehead atoms. The van der Waals surface area contributed by atoms with Crippen LogP contribution in [0.1, 0.15) is 49.5 Å². The number of pyridine rings is 3. The van der Waals surface area contributed by atoms with Gasteiger partial charge in [0.05, 0.1) is 28.6 Å². The van der Waals surface area contributed by atoms with Crippen molar-refractivity contribution in [3.63, 3.8) is 0 Å². The van der Waals surface area contributed by atoms with Crippen LogP contribution in [0.5, 0.6) is 0 Å². The smallest absolute Gasteiger partial charge is 0.224 e. The monoisotopic (exact) mass is 653 g/mol. The average molecular weight is 654 g/mol. The maximum absolute atomic E-state index is 14.7. The minimum Gasteiger partial charge on any atom is -0.335 e. The van der Waals surface area contributed by atoms with Gasteiger partial charge in [0.15, 0.2) is 27.0 Å². The van der Waals surface area contributed by atoms with Crippen molar-refractivity contribution in [2.45, 2.75) is 43.9 Å². The number of sulfone groups is 1. The van der Waals surface area contributed by atoms with Crippen LogP contribution in [0.15, 0.2) is 61.1 Å². The molecular weight excluding hydrogens is 621 g/mol. The van der Waals surface area contributed by atoms with Crippen molar-refractivity contribution in [1.29, 1.82) is 0 Å². The molecule has 1 saturated carbocycles. The summed E-state index contributed by atoms with van der Waals surface area (Å²) < 4.78 is 38.8. The highest BCUT2D eigenvalue weighted by molar-refractivity contribution is 7.90. The second-order valence-electron chi connectivity index (χ2n) is 12.0. The van der Waals surface area contributed by atoms with Crippen LogP contribution in [-0.2, 0) is 14.6 Å². The summed E-state index contributed by atoms with van der Waals surface area (Å²) in [7, 11) is -3.66. The highest BCUT2D eigenvalue weighted by atomic mass is 32.2. The number of imidazole rings is 1. The minimum atomic E-state index is -3.66. The first-order valence-electron chi connectivity index (χ1n) is 15.3. The summed E-state index contributed by atoms with van der Waals surface area (Å²) in [4.78, 5) is 34.2. The number of amides is 1. The predicted molar refractivity (Wildman–Crippen MR) is 177 cm³/mol. The van der Waals surface area contributed by atoms with Crippen molar-refractivity contribution in [1.82, 2.24) is 35.1 Å². The van der Waals surface area contributed by atoms with Gasteiger partial charge in [0, 0.05) is 36.2 Å². The van der Waals surface area contributed by atoms with E-state index in [1.807, 2.05) is 18.2 Å². The topological polar surface area (TPSA) is 185 Å². The zero-order chi connectivity index (χ0) is 32.7. The fourth-order valence-corrected chi connectivity index (χ4v) is 6.81. The van der Waals surface area contributed by atoms with Crippen LogP contribution in [0.4, 0.5) is 10.1 Å². The Morgan fingerprint density at radius 2 is 1.89 bits per heavy atom. The number of anilines is 1. The van der Waals surface area contributed by atoms with E-state index in [0.29, 0.717) is 68.6 Å². The van der Waals surface area contributed by atoms with Gasteiger partial charge in [0.1, 0.15) is 16.7 Å². The first-order chi connectivity index (χ1) is 22.6. The Labute approximate surface area is 269 Å². The molecule has 1 fully saturated rings. The Balaban J connectivity index is 1.20. The van der Waals surface area contributed by atoms with Crippen LogP contribution in [0.2, 0.25) is 0 Å². The Bertz CT molecular complexity index is 2240. The maximum Gasteiger partial charge on any atom is 0.224 e. The minimum absolute atomic E-state index is 0.0121. The highest BCUT2D eigenvalue weighted by Crippen LogP contribution is 2.33. The lowest BCUT2D eigenvalue weighted by molar-refractivity contribution is -0.117. The van der Waals surface area contributed by atoms with E-state index < -0.39 is 21.0 Å². The summed E-state index contributed by atoms with van der Waals surface area (Å²) >= 11 is 0. The van der Waals surface area contributed by atoms with Crippen LogP contribution < -0.4 is 11.1 Å². The third kappa shape index (κ3) is 6.33. The zero-order valence-corrected chi connectivity index (χ0v) is 26.3. The summed E-state index contributed by atoms with van der Waals surface area (Å²) in [5, 5.41) is 9.07. The summed E-state index contributed by atoms with van der Waals surface area (Å²) in [6.07, 6.45) is 12.2. The molecule has 240 valence electrons. The lowest BCUT2D eigenvalue weighted by Gasteiger charge is -2.20. The van der Waals surface area contributed by atoms with E-state index >= 15 is 0 Å². The van der Waals surface area contributed by atoms with Crippen LogP contribution in [0.25, 0.3) is 56.1 Å². The molecule has 47 heavy (non-hydrogen) atoms. The van der Waals surface area contributed by atoms with E-state index in [1.54, 1.807) is 24.5 Å². The fraction of sp³-hybridized carbons (Fsp3) is 0.273. The van der Waals surface area contributed by atoms with Gasteiger partial charge in [-0.3, -0.25) is 14.9 Å². The van der Waals surface area contributed by atoms with E-state index in [0.717, 1.165) is 30.7 Å². The molecule has 7 rings (SSSR count). The number of nitrogens with two attached hydrogens (primary N) is 1. The molecule has 1 unspecified atom stereocenters. The number of hydrogen-bond donors (Lipinski definition) is 4. The number of nitrogens with one attached hydrogen (secondary N) is 3. The number of carbonyl (C=O) groups excluding carboxylic acids is 1. The van der Waals surface area contributed by atoms with Crippen molar-refractivity contribution >= 4 is 43.6 Å². The number of halogens is 1. The summed E-state index contributed by atoms with van der Waals surface area (Å²) in [6.45, 7) is 0. The van der Waals surface area contributed by atoms with E-state index in [-0.39, 0.29) is 11.5 Å². The number of rotatable bonds is 8. The largest absolute Gasteiger partial charge is 0.335 e. The summed E-state index contributed by atoms with van der Waals surface area (Å²) in [6, 6.07) is 11.2. The van der Waals surface area contributed by atoms with Crippen LogP contribution in [-0.4, -0.2) is 55.7 Å². The van der Waals surface area contributed by atoms with Crippen LogP contribution >= 0.6 is 0 Å². The molecule has 1 atom stereocenters. The fourth-order valence-electron chi connectivity index (χ4n) is 6.18. The molecule has 0 radical (unpaired) electrons. The van der Waals surface area contributed by atoms with E-state index in [4.69, 9.17) is 10.7 Å². The molecule has 14 heteroatoms. The van der Waals surface area contributed by atoms with Gasteiger partial charge in [-0.05, 0) is 72.4 Å². The van der Waals surface area contributed by atoms with Gasteiger partial charge < -0.3 is 16.0 Å². The Kier molecular flexibility index (Phi) is 7.98. The lowest BCUT2D eigenvalue weighted by Crippen LogP contribution is -2.20. The molecule has 1 amide bonds. The normalized spacial score (nSPS) is 14.9. The number of nitrogens with zero attached hydrogens (tertiary/aromatic N) is 5. The highest BCUT2D eigenvalue weighted by Gasteiger charge is 2.22. The number of fused-ring (bicyclic) bond motifs is 2. The third-order valence-corrected chi connectivity index (χ3v) is 9.76. The van der Waals surface area contributed by atoms with Crippen molar-refractivity contribution in [2.75, 3.05) is 11.6 Å². The second kappa shape index (κ2) is 12.3. The SMILES string of the molecule is CS(=O)(=O)C(N)c1cc(F)cc(-c2ccnc3nc(-c4n[nH]c5ccc(-c6cncc(NC(=O)CC7CCCCC7)c6)nc45)[nH]c23)c1. The molecule has 0 saturated heterocycles. The van der Waals surface area contributed by atoms with Crippen LogP contribution in [0.3, 0.4) is 0 Å². The summed E-state index contributed by atoms with van der Waals surface area (Å²) in [5.74, 6) is 0.167. The van der Waals surface area contributed by atoms with Crippen molar-refractivity contribution < 1.29 is 17.6 Å². The van der Waals surface area contributed by atoms with Crippen molar-refractivity contribution in [2.24, 2.45) is 11.7 Å². The molecule has 12 nitrogen and oxygen atoms in total. The van der Waals surface area contributed by atoms with E-state index in [2.05, 4.69) is 35.5 Å². The first kappa shape index (κ1) is 30.6. The molecular formula is C33H32FN9O3S. The molecule has 5 aromatic heterocycles. The quantitative estimate of drug-likeness (QED) is 0.160. The van der Waals surface area contributed by atoms with Gasteiger partial charge in [-0.2, -0.15) is 5.10 Å². The molecule has 0 spiro atoms. The average Bonchev–Trinajstić information content (AvgIpc) is 3.68. The number of aromatic nitrogens is 7. The number of aromatic amines is 2. The van der Waals surface area contributed by atoms with Gasteiger partial charge in [-0.25, -0.2) is 27.8 Å². The molecule has 1 aromatic carbocycles. The summed E-state index contributed by atoms with van der Waals surface area (Å²) in [5.41, 5.74) is 11.5. The lowest BCUT2D eigenvalue weighted by atomic mass is 9.87. The molecule has 1 aliphatic carbocycles. The number of hydrogen-bond acceptors (Lipinski definition) is 9. The molecule has 0 aliphatic heterocycles. The van der Waals surface area contributed by atoms with Crippen LogP contribution in [0, 0.1) is 11.7 Å². The Morgan fingerprint density at radius 1 is 1.06 bits per heavy atom. The second-order valence-corrected chi connectivity index (χ2v) is 14.2. The van der Waals surface area contributed by atoms with Gasteiger partial charge >= 0.3 is 0 Å². The Hall–Kier alpha value is -5.08. The molecule has 6 aromatic rings. The van der Waals surface area contributed by atoms with Gasteiger partial charge in [-0.1, -0.05) is 19.3 Å². The number of carbonyl (C=O) groups is 1.